The Morgan fingerprint density at radius 2 is 1.68 bits per heavy atom. The lowest BCUT2D eigenvalue weighted by Gasteiger charge is -2.13. The molecule has 0 aliphatic carbocycles. The summed E-state index contributed by atoms with van der Waals surface area (Å²) < 4.78 is 27.5. The number of rotatable bonds is 6. The number of sulfonamides is 1. The fourth-order valence-corrected chi connectivity index (χ4v) is 4.19. The molecule has 2 aromatic rings. The van der Waals surface area contributed by atoms with Crippen LogP contribution in [0.15, 0.2) is 35.4 Å². The maximum Gasteiger partial charge on any atom is 0.241 e. The van der Waals surface area contributed by atoms with Gasteiger partial charge in [-0.25, -0.2) is 18.1 Å². The van der Waals surface area contributed by atoms with Crippen molar-refractivity contribution in [2.75, 3.05) is 11.9 Å². The largest absolute Gasteiger partial charge is 0.311 e. The van der Waals surface area contributed by atoms with E-state index in [2.05, 4.69) is 15.0 Å². The van der Waals surface area contributed by atoms with Crippen molar-refractivity contribution >= 4 is 21.7 Å². The second-order valence-electron chi connectivity index (χ2n) is 6.14. The molecule has 0 atom stereocenters. The Bertz CT molecular complexity index is 852. The van der Waals surface area contributed by atoms with Crippen LogP contribution in [0.1, 0.15) is 28.7 Å². The Kier molecular flexibility index (Phi) is 5.92. The SMILES string of the molecule is Cc1ccc(NC(=O)CCNS(=O)(=O)c2c(C)cc(C)cc2C)nc1. The van der Waals surface area contributed by atoms with Crippen molar-refractivity contribution in [3.05, 3.63) is 52.7 Å². The summed E-state index contributed by atoms with van der Waals surface area (Å²) in [5, 5.41) is 2.64. The maximum atomic E-state index is 12.5. The zero-order valence-corrected chi connectivity index (χ0v) is 15.7. The standard InChI is InChI=1S/C18H23N3O3S/c1-12-5-6-16(19-11-12)21-17(22)7-8-20-25(23,24)18-14(3)9-13(2)10-15(18)4/h5-6,9-11,20H,7-8H2,1-4H3,(H,19,21,22). The summed E-state index contributed by atoms with van der Waals surface area (Å²) >= 11 is 0. The molecule has 134 valence electrons. The Balaban J connectivity index is 1.96. The highest BCUT2D eigenvalue weighted by molar-refractivity contribution is 7.89. The van der Waals surface area contributed by atoms with Gasteiger partial charge >= 0.3 is 0 Å². The minimum atomic E-state index is -3.66. The number of carbonyl (C=O) groups is 1. The molecule has 2 N–H and O–H groups in total. The quantitative estimate of drug-likeness (QED) is 0.828. The van der Waals surface area contributed by atoms with Crippen LogP contribution in [-0.2, 0) is 14.8 Å². The number of nitrogens with zero attached hydrogens (tertiary/aromatic N) is 1. The summed E-state index contributed by atoms with van der Waals surface area (Å²) in [7, 11) is -3.66. The number of benzene rings is 1. The van der Waals surface area contributed by atoms with Crippen LogP contribution < -0.4 is 10.0 Å². The number of pyridine rings is 1. The highest BCUT2D eigenvalue weighted by Crippen LogP contribution is 2.21. The van der Waals surface area contributed by atoms with Gasteiger partial charge in [0.1, 0.15) is 5.82 Å². The predicted octanol–water partition coefficient (Wildman–Crippen LogP) is 2.62. The lowest BCUT2D eigenvalue weighted by atomic mass is 10.1. The second-order valence-corrected chi connectivity index (χ2v) is 7.85. The molecule has 0 aliphatic heterocycles. The van der Waals surface area contributed by atoms with Crippen LogP contribution in [0, 0.1) is 27.7 Å². The van der Waals surface area contributed by atoms with Gasteiger partial charge in [-0.1, -0.05) is 23.8 Å². The van der Waals surface area contributed by atoms with Crippen LogP contribution in [0.2, 0.25) is 0 Å². The smallest absolute Gasteiger partial charge is 0.241 e. The summed E-state index contributed by atoms with van der Waals surface area (Å²) in [6, 6.07) is 7.21. The Morgan fingerprint density at radius 1 is 1.04 bits per heavy atom. The Morgan fingerprint density at radius 3 is 2.24 bits per heavy atom. The van der Waals surface area contributed by atoms with Crippen LogP contribution in [0.5, 0.6) is 0 Å². The van der Waals surface area contributed by atoms with Crippen molar-refractivity contribution in [2.45, 2.75) is 39.0 Å². The summed E-state index contributed by atoms with van der Waals surface area (Å²) in [6.07, 6.45) is 1.68. The molecule has 1 amide bonds. The number of amides is 1. The molecule has 6 nitrogen and oxygen atoms in total. The van der Waals surface area contributed by atoms with Crippen molar-refractivity contribution in [3.8, 4) is 0 Å². The minimum absolute atomic E-state index is 0.0206. The van der Waals surface area contributed by atoms with Crippen LogP contribution >= 0.6 is 0 Å². The van der Waals surface area contributed by atoms with Gasteiger partial charge in [0.15, 0.2) is 0 Å². The van der Waals surface area contributed by atoms with Gasteiger partial charge in [-0.2, -0.15) is 0 Å². The number of hydrogen-bond acceptors (Lipinski definition) is 4. The molecule has 25 heavy (non-hydrogen) atoms. The molecule has 2 rings (SSSR count). The molecule has 0 fully saturated rings. The van der Waals surface area contributed by atoms with Crippen LogP contribution in [0.4, 0.5) is 5.82 Å². The van der Waals surface area contributed by atoms with Crippen LogP contribution in [-0.4, -0.2) is 25.9 Å². The zero-order valence-electron chi connectivity index (χ0n) is 14.9. The Labute approximate surface area is 148 Å². The normalized spacial score (nSPS) is 11.4. The van der Waals surface area contributed by atoms with E-state index in [1.54, 1.807) is 26.1 Å². The monoisotopic (exact) mass is 361 g/mol. The molecule has 0 aliphatic rings. The molecule has 1 aromatic carbocycles. The molecule has 1 aromatic heterocycles. The molecule has 0 unspecified atom stereocenters. The van der Waals surface area contributed by atoms with Crippen molar-refractivity contribution < 1.29 is 13.2 Å². The summed E-state index contributed by atoms with van der Waals surface area (Å²) in [5.41, 5.74) is 3.39. The van der Waals surface area contributed by atoms with Crippen molar-refractivity contribution in [1.82, 2.24) is 9.71 Å². The number of anilines is 1. The Hall–Kier alpha value is -2.25. The molecule has 0 bridgehead atoms. The number of nitrogens with one attached hydrogen (secondary N) is 2. The van der Waals surface area contributed by atoms with E-state index < -0.39 is 10.0 Å². The molecule has 0 radical (unpaired) electrons. The van der Waals surface area contributed by atoms with Crippen LogP contribution in [0.25, 0.3) is 0 Å². The van der Waals surface area contributed by atoms with E-state index in [1.165, 1.54) is 0 Å². The second kappa shape index (κ2) is 7.76. The zero-order chi connectivity index (χ0) is 18.6. The van der Waals surface area contributed by atoms with Gasteiger partial charge in [-0.05, 0) is 50.5 Å². The highest BCUT2D eigenvalue weighted by Gasteiger charge is 2.19. The molecular weight excluding hydrogens is 338 g/mol. The van der Waals surface area contributed by atoms with Crippen molar-refractivity contribution in [3.63, 3.8) is 0 Å². The summed E-state index contributed by atoms with van der Waals surface area (Å²) in [4.78, 5) is 16.3. The first-order chi connectivity index (χ1) is 11.7. The van der Waals surface area contributed by atoms with Crippen molar-refractivity contribution in [2.24, 2.45) is 0 Å². The van der Waals surface area contributed by atoms with Crippen LogP contribution in [0.3, 0.4) is 0 Å². The number of aryl methyl sites for hydroxylation is 4. The molecule has 1 heterocycles. The first-order valence-electron chi connectivity index (χ1n) is 7.99. The maximum absolute atomic E-state index is 12.5. The fourth-order valence-electron chi connectivity index (χ4n) is 2.71. The van der Waals surface area contributed by atoms with Crippen molar-refractivity contribution in [1.29, 1.82) is 0 Å². The first kappa shape index (κ1) is 19.1. The first-order valence-corrected chi connectivity index (χ1v) is 9.47. The molecule has 0 saturated carbocycles. The van der Waals surface area contributed by atoms with Gasteiger partial charge in [-0.3, -0.25) is 4.79 Å². The third kappa shape index (κ3) is 5.11. The predicted molar refractivity (Wildman–Crippen MR) is 98.1 cm³/mol. The van der Waals surface area contributed by atoms with E-state index in [0.717, 1.165) is 11.1 Å². The van der Waals surface area contributed by atoms with E-state index in [1.807, 2.05) is 32.0 Å². The number of carbonyl (C=O) groups excluding carboxylic acids is 1. The van der Waals surface area contributed by atoms with Gasteiger partial charge in [0, 0.05) is 19.2 Å². The third-order valence-corrected chi connectivity index (χ3v) is 5.46. The van der Waals surface area contributed by atoms with Gasteiger partial charge in [0.05, 0.1) is 4.90 Å². The summed E-state index contributed by atoms with van der Waals surface area (Å²) in [5.74, 6) is 0.153. The molecular formula is C18H23N3O3S. The molecule has 0 spiro atoms. The van der Waals surface area contributed by atoms with E-state index in [9.17, 15) is 13.2 Å². The van der Waals surface area contributed by atoms with E-state index in [-0.39, 0.29) is 23.8 Å². The topological polar surface area (TPSA) is 88.2 Å². The minimum Gasteiger partial charge on any atom is -0.311 e. The fraction of sp³-hybridized carbons (Fsp3) is 0.333. The van der Waals surface area contributed by atoms with Gasteiger partial charge in [-0.15, -0.1) is 0 Å². The molecule has 0 saturated heterocycles. The van der Waals surface area contributed by atoms with E-state index in [4.69, 9.17) is 0 Å². The van der Waals surface area contributed by atoms with Gasteiger partial charge in [0.25, 0.3) is 0 Å². The average Bonchev–Trinajstić information content (AvgIpc) is 2.48. The van der Waals surface area contributed by atoms with Gasteiger partial charge < -0.3 is 5.32 Å². The highest BCUT2D eigenvalue weighted by atomic mass is 32.2. The van der Waals surface area contributed by atoms with Gasteiger partial charge in [0.2, 0.25) is 15.9 Å². The summed E-state index contributed by atoms with van der Waals surface area (Å²) in [6.45, 7) is 7.39. The van der Waals surface area contributed by atoms with E-state index >= 15 is 0 Å². The lowest BCUT2D eigenvalue weighted by Crippen LogP contribution is -2.29. The number of aromatic nitrogens is 1. The number of hydrogen-bond donors (Lipinski definition) is 2. The average molecular weight is 361 g/mol. The molecule has 7 heteroatoms. The van der Waals surface area contributed by atoms with E-state index in [0.29, 0.717) is 16.9 Å². The lowest BCUT2D eigenvalue weighted by molar-refractivity contribution is -0.116. The third-order valence-electron chi connectivity index (χ3n) is 3.70.